The maximum atomic E-state index is 12.8. The van der Waals surface area contributed by atoms with Crippen molar-refractivity contribution in [3.05, 3.63) is 34.6 Å². The summed E-state index contributed by atoms with van der Waals surface area (Å²) in [6, 6.07) is 2.76. The summed E-state index contributed by atoms with van der Waals surface area (Å²) in [4.78, 5) is 11.1. The van der Waals surface area contributed by atoms with Crippen molar-refractivity contribution >= 4 is 5.78 Å². The van der Waals surface area contributed by atoms with Crippen molar-refractivity contribution in [1.82, 2.24) is 0 Å². The largest absolute Gasteiger partial charge is 0.294 e. The lowest BCUT2D eigenvalue weighted by Crippen LogP contribution is -2.00. The van der Waals surface area contributed by atoms with Crippen LogP contribution in [0.15, 0.2) is 12.1 Å². The summed E-state index contributed by atoms with van der Waals surface area (Å²) in [5, 5.41) is 0. The van der Waals surface area contributed by atoms with Crippen LogP contribution in [0, 0.1) is 19.7 Å². The Bertz CT molecular complexity index is 306. The van der Waals surface area contributed by atoms with E-state index in [1.807, 2.05) is 0 Å². The van der Waals surface area contributed by atoms with Crippen LogP contribution in [0.3, 0.4) is 0 Å². The van der Waals surface area contributed by atoms with Crippen molar-refractivity contribution in [2.45, 2.75) is 20.8 Å². The molecular weight excluding hydrogens is 155 g/mol. The van der Waals surface area contributed by atoms with E-state index < -0.39 is 0 Å². The third kappa shape index (κ3) is 1.52. The van der Waals surface area contributed by atoms with Crippen LogP contribution in [0.25, 0.3) is 0 Å². The van der Waals surface area contributed by atoms with Gasteiger partial charge in [0.15, 0.2) is 5.78 Å². The number of ketones is 1. The second-order valence-corrected chi connectivity index (χ2v) is 2.97. The van der Waals surface area contributed by atoms with Crippen LogP contribution < -0.4 is 0 Å². The molecule has 0 aliphatic heterocycles. The van der Waals surface area contributed by atoms with Gasteiger partial charge in [-0.05, 0) is 44.0 Å². The van der Waals surface area contributed by atoms with Crippen molar-refractivity contribution in [3.8, 4) is 0 Å². The van der Waals surface area contributed by atoms with Gasteiger partial charge >= 0.3 is 0 Å². The highest BCUT2D eigenvalue weighted by Gasteiger charge is 2.08. The number of benzene rings is 1. The van der Waals surface area contributed by atoms with Crippen molar-refractivity contribution in [1.29, 1.82) is 0 Å². The molecule has 64 valence electrons. The van der Waals surface area contributed by atoms with Crippen molar-refractivity contribution in [2.24, 2.45) is 0 Å². The fourth-order valence-electron chi connectivity index (χ4n) is 1.47. The highest BCUT2D eigenvalue weighted by molar-refractivity contribution is 5.96. The molecule has 0 heterocycles. The van der Waals surface area contributed by atoms with Crippen LogP contribution in [0.1, 0.15) is 28.4 Å². The third-order valence-corrected chi connectivity index (χ3v) is 1.85. The highest BCUT2D eigenvalue weighted by atomic mass is 19.1. The predicted molar refractivity (Wildman–Crippen MR) is 45.9 cm³/mol. The Morgan fingerprint density at radius 2 is 1.67 bits per heavy atom. The highest BCUT2D eigenvalue weighted by Crippen LogP contribution is 2.15. The van der Waals surface area contributed by atoms with Gasteiger partial charge < -0.3 is 0 Å². The molecule has 0 saturated heterocycles. The summed E-state index contributed by atoms with van der Waals surface area (Å²) >= 11 is 0. The number of carbonyl (C=O) groups excluding carboxylic acids is 1. The number of rotatable bonds is 1. The number of aryl methyl sites for hydroxylation is 2. The Morgan fingerprint density at radius 1 is 1.25 bits per heavy atom. The average Bonchev–Trinajstić information content (AvgIpc) is 1.82. The minimum absolute atomic E-state index is 0.00926. The van der Waals surface area contributed by atoms with Crippen molar-refractivity contribution in [2.75, 3.05) is 0 Å². The Labute approximate surface area is 71.2 Å². The summed E-state index contributed by atoms with van der Waals surface area (Å²) in [5.74, 6) is -0.292. The molecule has 0 amide bonds. The SMILES string of the molecule is CC(=O)c1c(C)cc(F)cc1C. The average molecular weight is 166 g/mol. The number of halogens is 1. The molecule has 0 spiro atoms. The van der Waals surface area contributed by atoms with E-state index in [2.05, 4.69) is 0 Å². The zero-order valence-electron chi connectivity index (χ0n) is 7.44. The van der Waals surface area contributed by atoms with Gasteiger partial charge in [0.25, 0.3) is 0 Å². The van der Waals surface area contributed by atoms with E-state index in [0.29, 0.717) is 16.7 Å². The molecule has 1 aromatic rings. The smallest absolute Gasteiger partial charge is 0.160 e. The second kappa shape index (κ2) is 3.05. The molecule has 1 nitrogen and oxygen atoms in total. The molecule has 2 heteroatoms. The van der Waals surface area contributed by atoms with Gasteiger partial charge in [-0.15, -0.1) is 0 Å². The first-order valence-corrected chi connectivity index (χ1v) is 3.80. The molecule has 1 aromatic carbocycles. The van der Waals surface area contributed by atoms with Crippen LogP contribution >= 0.6 is 0 Å². The minimum atomic E-state index is -0.282. The van der Waals surface area contributed by atoms with E-state index in [4.69, 9.17) is 0 Å². The first-order valence-electron chi connectivity index (χ1n) is 3.80. The molecule has 0 aliphatic carbocycles. The minimum Gasteiger partial charge on any atom is -0.294 e. The second-order valence-electron chi connectivity index (χ2n) is 2.97. The summed E-state index contributed by atoms with van der Waals surface area (Å²) < 4.78 is 12.8. The molecule has 0 unspecified atom stereocenters. The van der Waals surface area contributed by atoms with Gasteiger partial charge in [0, 0.05) is 5.56 Å². The zero-order valence-corrected chi connectivity index (χ0v) is 7.44. The molecular formula is C10H11FO. The fraction of sp³-hybridized carbons (Fsp3) is 0.300. The topological polar surface area (TPSA) is 17.1 Å². The van der Waals surface area contributed by atoms with Gasteiger partial charge in [0.1, 0.15) is 5.82 Å². The third-order valence-electron chi connectivity index (χ3n) is 1.85. The first kappa shape index (κ1) is 8.91. The fourth-order valence-corrected chi connectivity index (χ4v) is 1.47. The molecule has 0 fully saturated rings. The zero-order chi connectivity index (χ0) is 9.30. The maximum absolute atomic E-state index is 12.8. The number of Topliss-reactive ketones (excluding diaryl/α,β-unsaturated/α-hetero) is 1. The number of carbonyl (C=O) groups is 1. The Morgan fingerprint density at radius 3 is 2.00 bits per heavy atom. The summed E-state index contributed by atoms with van der Waals surface area (Å²) in [6.07, 6.45) is 0. The maximum Gasteiger partial charge on any atom is 0.160 e. The molecule has 0 bridgehead atoms. The van der Waals surface area contributed by atoms with Crippen LogP contribution in [0.5, 0.6) is 0 Å². The molecule has 0 aliphatic rings. The molecule has 12 heavy (non-hydrogen) atoms. The molecule has 0 saturated carbocycles. The van der Waals surface area contributed by atoms with Crippen LogP contribution in [-0.4, -0.2) is 5.78 Å². The Balaban J connectivity index is 3.38. The van der Waals surface area contributed by atoms with Gasteiger partial charge in [-0.2, -0.15) is 0 Å². The van der Waals surface area contributed by atoms with Crippen LogP contribution in [0.2, 0.25) is 0 Å². The lowest BCUT2D eigenvalue weighted by atomic mass is 10.00. The lowest BCUT2D eigenvalue weighted by molar-refractivity contribution is 0.101. The summed E-state index contributed by atoms with van der Waals surface area (Å²) in [5.41, 5.74) is 2.05. The molecule has 0 N–H and O–H groups in total. The van der Waals surface area contributed by atoms with E-state index in [1.165, 1.54) is 19.1 Å². The van der Waals surface area contributed by atoms with Gasteiger partial charge in [-0.3, -0.25) is 4.79 Å². The predicted octanol–water partition coefficient (Wildman–Crippen LogP) is 2.65. The van der Waals surface area contributed by atoms with Gasteiger partial charge in [0.05, 0.1) is 0 Å². The normalized spacial score (nSPS) is 10.0. The van der Waals surface area contributed by atoms with Gasteiger partial charge in [-0.1, -0.05) is 0 Å². The van der Waals surface area contributed by atoms with Crippen molar-refractivity contribution in [3.63, 3.8) is 0 Å². The summed E-state index contributed by atoms with van der Waals surface area (Å²) in [6.45, 7) is 4.98. The molecule has 0 aromatic heterocycles. The van der Waals surface area contributed by atoms with Gasteiger partial charge in [-0.25, -0.2) is 4.39 Å². The lowest BCUT2D eigenvalue weighted by Gasteiger charge is -2.05. The van der Waals surface area contributed by atoms with E-state index >= 15 is 0 Å². The monoisotopic (exact) mass is 166 g/mol. The van der Waals surface area contributed by atoms with Gasteiger partial charge in [0.2, 0.25) is 0 Å². The Hall–Kier alpha value is -1.18. The first-order chi connectivity index (χ1) is 5.52. The number of hydrogen-bond acceptors (Lipinski definition) is 1. The van der Waals surface area contributed by atoms with E-state index in [9.17, 15) is 9.18 Å². The van der Waals surface area contributed by atoms with Crippen LogP contribution in [-0.2, 0) is 0 Å². The van der Waals surface area contributed by atoms with E-state index in [-0.39, 0.29) is 11.6 Å². The van der Waals surface area contributed by atoms with E-state index in [0.717, 1.165) is 0 Å². The number of hydrogen-bond donors (Lipinski definition) is 0. The van der Waals surface area contributed by atoms with Crippen LogP contribution in [0.4, 0.5) is 4.39 Å². The van der Waals surface area contributed by atoms with Crippen molar-refractivity contribution < 1.29 is 9.18 Å². The Kier molecular flexibility index (Phi) is 2.27. The molecule has 1 rings (SSSR count). The quantitative estimate of drug-likeness (QED) is 0.586. The molecule has 0 radical (unpaired) electrons. The van der Waals surface area contributed by atoms with E-state index in [1.54, 1.807) is 13.8 Å². The standard InChI is InChI=1S/C10H11FO/c1-6-4-9(11)5-7(2)10(6)8(3)12/h4-5H,1-3H3. The molecule has 0 atom stereocenters. The summed E-state index contributed by atoms with van der Waals surface area (Å²) in [7, 11) is 0.